The summed E-state index contributed by atoms with van der Waals surface area (Å²) in [6, 6.07) is 3.79. The lowest BCUT2D eigenvalue weighted by Gasteiger charge is -2.29. The molecule has 1 fully saturated rings. The first-order valence-electron chi connectivity index (χ1n) is 7.36. The minimum atomic E-state index is 0.408. The SMILES string of the molecule is COc1ccc2nc(CCl)n(CC3CCN(C)CC3)c2n1. The predicted octanol–water partition coefficient (Wildman–Crippen LogP) is 2.52. The molecule has 21 heavy (non-hydrogen) atoms. The van der Waals surface area contributed by atoms with Crippen molar-refractivity contribution in [1.82, 2.24) is 19.4 Å². The lowest BCUT2D eigenvalue weighted by Crippen LogP contribution is -2.32. The third kappa shape index (κ3) is 2.99. The molecule has 0 amide bonds. The summed E-state index contributed by atoms with van der Waals surface area (Å²) in [6.45, 7) is 3.25. The Kier molecular flexibility index (Phi) is 4.31. The van der Waals surface area contributed by atoms with Crippen LogP contribution < -0.4 is 4.74 Å². The Morgan fingerprint density at radius 1 is 1.29 bits per heavy atom. The maximum atomic E-state index is 6.07. The number of hydrogen-bond acceptors (Lipinski definition) is 4. The summed E-state index contributed by atoms with van der Waals surface area (Å²) in [4.78, 5) is 11.5. The van der Waals surface area contributed by atoms with Crippen LogP contribution in [-0.2, 0) is 12.4 Å². The second-order valence-electron chi connectivity index (χ2n) is 5.72. The van der Waals surface area contributed by atoms with Crippen LogP contribution in [0.2, 0.25) is 0 Å². The number of methoxy groups -OCH3 is 1. The Morgan fingerprint density at radius 3 is 2.71 bits per heavy atom. The number of fused-ring (bicyclic) bond motifs is 1. The lowest BCUT2D eigenvalue weighted by molar-refractivity contribution is 0.205. The molecule has 1 aliphatic heterocycles. The molecule has 0 N–H and O–H groups in total. The van der Waals surface area contributed by atoms with E-state index in [-0.39, 0.29) is 0 Å². The van der Waals surface area contributed by atoms with Gasteiger partial charge in [0.05, 0.1) is 13.0 Å². The molecule has 1 aliphatic rings. The standard InChI is InChI=1S/C15H21ClN4O/c1-19-7-5-11(6-8-19)10-20-13(9-16)17-12-3-4-14(21-2)18-15(12)20/h3-4,11H,5-10H2,1-2H3. The van der Waals surface area contributed by atoms with Crippen molar-refractivity contribution in [3.05, 3.63) is 18.0 Å². The molecule has 0 spiro atoms. The summed E-state index contributed by atoms with van der Waals surface area (Å²) < 4.78 is 7.40. The molecule has 0 bridgehead atoms. The van der Waals surface area contributed by atoms with Gasteiger partial charge in [-0.05, 0) is 45.0 Å². The molecule has 0 radical (unpaired) electrons. The number of nitrogens with zero attached hydrogens (tertiary/aromatic N) is 4. The van der Waals surface area contributed by atoms with Crippen molar-refractivity contribution < 1.29 is 4.74 Å². The van der Waals surface area contributed by atoms with Gasteiger partial charge in [0.25, 0.3) is 0 Å². The third-order valence-corrected chi connectivity index (χ3v) is 4.49. The number of halogens is 1. The number of likely N-dealkylation sites (tertiary alicyclic amines) is 1. The number of aromatic nitrogens is 3. The first-order chi connectivity index (χ1) is 10.2. The molecule has 3 rings (SSSR count). The van der Waals surface area contributed by atoms with Crippen molar-refractivity contribution in [2.75, 3.05) is 27.2 Å². The molecule has 0 aliphatic carbocycles. The fraction of sp³-hybridized carbons (Fsp3) is 0.600. The van der Waals surface area contributed by atoms with Crippen LogP contribution in [0.1, 0.15) is 18.7 Å². The van der Waals surface area contributed by atoms with Gasteiger partial charge in [-0.15, -0.1) is 11.6 Å². The van der Waals surface area contributed by atoms with Gasteiger partial charge in [-0.3, -0.25) is 0 Å². The lowest BCUT2D eigenvalue weighted by atomic mass is 9.97. The Hall–Kier alpha value is -1.33. The highest BCUT2D eigenvalue weighted by Crippen LogP contribution is 2.24. The van der Waals surface area contributed by atoms with Crippen molar-refractivity contribution in [3.8, 4) is 5.88 Å². The molecular formula is C15H21ClN4O. The highest BCUT2D eigenvalue weighted by atomic mass is 35.5. The van der Waals surface area contributed by atoms with Crippen LogP contribution in [0.25, 0.3) is 11.2 Å². The number of pyridine rings is 1. The number of ether oxygens (including phenoxy) is 1. The van der Waals surface area contributed by atoms with Gasteiger partial charge in [-0.25, -0.2) is 4.98 Å². The number of piperidine rings is 1. The van der Waals surface area contributed by atoms with Crippen LogP contribution in [0.4, 0.5) is 0 Å². The van der Waals surface area contributed by atoms with Crippen molar-refractivity contribution >= 4 is 22.8 Å². The first kappa shape index (κ1) is 14.6. The van der Waals surface area contributed by atoms with Gasteiger partial charge in [0.1, 0.15) is 11.3 Å². The van der Waals surface area contributed by atoms with E-state index in [4.69, 9.17) is 16.3 Å². The molecule has 2 aromatic heterocycles. The summed E-state index contributed by atoms with van der Waals surface area (Å²) in [5.74, 6) is 2.58. The van der Waals surface area contributed by atoms with E-state index < -0.39 is 0 Å². The Labute approximate surface area is 129 Å². The highest BCUT2D eigenvalue weighted by Gasteiger charge is 2.20. The summed E-state index contributed by atoms with van der Waals surface area (Å²) >= 11 is 6.07. The first-order valence-corrected chi connectivity index (χ1v) is 7.89. The Morgan fingerprint density at radius 2 is 2.05 bits per heavy atom. The van der Waals surface area contributed by atoms with E-state index >= 15 is 0 Å². The third-order valence-electron chi connectivity index (χ3n) is 4.25. The van der Waals surface area contributed by atoms with Crippen molar-refractivity contribution in [2.45, 2.75) is 25.3 Å². The Bertz CT molecular complexity index is 619. The van der Waals surface area contributed by atoms with E-state index in [2.05, 4.69) is 26.5 Å². The number of alkyl halides is 1. The zero-order valence-electron chi connectivity index (χ0n) is 12.5. The van der Waals surface area contributed by atoms with Crippen molar-refractivity contribution in [1.29, 1.82) is 0 Å². The smallest absolute Gasteiger partial charge is 0.215 e. The number of imidazole rings is 1. The van der Waals surface area contributed by atoms with E-state index in [1.165, 1.54) is 12.8 Å². The van der Waals surface area contributed by atoms with Gasteiger partial charge >= 0.3 is 0 Å². The molecule has 0 atom stereocenters. The van der Waals surface area contributed by atoms with E-state index in [1.54, 1.807) is 7.11 Å². The van der Waals surface area contributed by atoms with Gasteiger partial charge in [0, 0.05) is 12.6 Å². The highest BCUT2D eigenvalue weighted by molar-refractivity contribution is 6.16. The monoisotopic (exact) mass is 308 g/mol. The zero-order chi connectivity index (χ0) is 14.8. The molecule has 1 saturated heterocycles. The summed E-state index contributed by atoms with van der Waals surface area (Å²) in [6.07, 6.45) is 2.42. The second kappa shape index (κ2) is 6.20. The van der Waals surface area contributed by atoms with Gasteiger partial charge in [-0.1, -0.05) is 0 Å². The maximum Gasteiger partial charge on any atom is 0.215 e. The molecule has 0 unspecified atom stereocenters. The topological polar surface area (TPSA) is 43.2 Å². The van der Waals surface area contributed by atoms with Crippen molar-refractivity contribution in [2.24, 2.45) is 5.92 Å². The average molecular weight is 309 g/mol. The van der Waals surface area contributed by atoms with Gasteiger partial charge in [0.2, 0.25) is 5.88 Å². The largest absolute Gasteiger partial charge is 0.481 e. The van der Waals surface area contributed by atoms with Gasteiger partial charge in [-0.2, -0.15) is 4.98 Å². The van der Waals surface area contributed by atoms with E-state index in [0.717, 1.165) is 36.6 Å². The Balaban J connectivity index is 1.91. The number of rotatable bonds is 4. The quantitative estimate of drug-likeness (QED) is 0.814. The molecule has 0 aromatic carbocycles. The zero-order valence-corrected chi connectivity index (χ0v) is 13.3. The normalized spacial score (nSPS) is 17.5. The molecule has 5 nitrogen and oxygen atoms in total. The second-order valence-corrected chi connectivity index (χ2v) is 5.98. The minimum Gasteiger partial charge on any atom is -0.481 e. The fourth-order valence-corrected chi connectivity index (χ4v) is 3.15. The van der Waals surface area contributed by atoms with Crippen LogP contribution in [0.15, 0.2) is 12.1 Å². The van der Waals surface area contributed by atoms with Gasteiger partial charge < -0.3 is 14.2 Å². The van der Waals surface area contributed by atoms with E-state index in [1.807, 2.05) is 12.1 Å². The molecule has 114 valence electrons. The van der Waals surface area contributed by atoms with Crippen LogP contribution in [0, 0.1) is 5.92 Å². The summed E-state index contributed by atoms with van der Waals surface area (Å²) in [7, 11) is 3.81. The van der Waals surface area contributed by atoms with E-state index in [0.29, 0.717) is 17.7 Å². The van der Waals surface area contributed by atoms with Crippen molar-refractivity contribution in [3.63, 3.8) is 0 Å². The van der Waals surface area contributed by atoms with Crippen LogP contribution in [-0.4, -0.2) is 46.7 Å². The van der Waals surface area contributed by atoms with E-state index in [9.17, 15) is 0 Å². The number of hydrogen-bond donors (Lipinski definition) is 0. The molecule has 6 heteroatoms. The minimum absolute atomic E-state index is 0.408. The summed E-state index contributed by atoms with van der Waals surface area (Å²) in [5, 5.41) is 0. The van der Waals surface area contributed by atoms with Crippen LogP contribution >= 0.6 is 11.6 Å². The molecule has 0 saturated carbocycles. The average Bonchev–Trinajstić information content (AvgIpc) is 2.86. The van der Waals surface area contributed by atoms with Crippen LogP contribution in [0.5, 0.6) is 5.88 Å². The van der Waals surface area contributed by atoms with Crippen LogP contribution in [0.3, 0.4) is 0 Å². The predicted molar refractivity (Wildman–Crippen MR) is 83.9 cm³/mol. The summed E-state index contributed by atoms with van der Waals surface area (Å²) in [5.41, 5.74) is 1.77. The molecule has 3 heterocycles. The van der Waals surface area contributed by atoms with Gasteiger partial charge in [0.15, 0.2) is 5.65 Å². The maximum absolute atomic E-state index is 6.07. The molecule has 2 aromatic rings. The molecular weight excluding hydrogens is 288 g/mol. The fourth-order valence-electron chi connectivity index (χ4n) is 2.94.